The van der Waals surface area contributed by atoms with Gasteiger partial charge in [-0.3, -0.25) is 4.79 Å². The number of hydrogen-bond acceptors (Lipinski definition) is 4. The number of hydrogen-bond donors (Lipinski definition) is 1. The van der Waals surface area contributed by atoms with Gasteiger partial charge in [-0.1, -0.05) is 76.6 Å². The van der Waals surface area contributed by atoms with Gasteiger partial charge in [0.1, 0.15) is 5.75 Å². The van der Waals surface area contributed by atoms with Crippen LogP contribution in [0, 0.1) is 13.8 Å². The summed E-state index contributed by atoms with van der Waals surface area (Å²) in [5, 5.41) is 4.53. The molecule has 0 saturated heterocycles. The Hall–Kier alpha value is -3.77. The van der Waals surface area contributed by atoms with Crippen molar-refractivity contribution in [3.63, 3.8) is 0 Å². The first-order valence-electron chi connectivity index (χ1n) is 13.9. The van der Waals surface area contributed by atoms with E-state index in [9.17, 15) is 9.59 Å². The van der Waals surface area contributed by atoms with Gasteiger partial charge in [0.05, 0.1) is 12.1 Å². The number of halogens is 1. The third kappa shape index (κ3) is 7.70. The summed E-state index contributed by atoms with van der Waals surface area (Å²) in [6.07, 6.45) is 0. The molecule has 218 valence electrons. The van der Waals surface area contributed by atoms with E-state index in [0.717, 1.165) is 33.3 Å². The molecule has 3 aromatic carbocycles. The molecule has 0 spiro atoms. The molecule has 0 aliphatic carbocycles. The lowest BCUT2D eigenvalue weighted by molar-refractivity contribution is -0.142. The van der Waals surface area contributed by atoms with Crippen molar-refractivity contribution in [3.8, 4) is 5.75 Å². The molecule has 1 amide bonds. The van der Waals surface area contributed by atoms with E-state index < -0.39 is 5.97 Å². The summed E-state index contributed by atoms with van der Waals surface area (Å²) in [5.74, 6) is -0.150. The van der Waals surface area contributed by atoms with Crippen LogP contribution in [0.1, 0.15) is 72.9 Å². The van der Waals surface area contributed by atoms with Crippen molar-refractivity contribution >= 4 is 34.4 Å². The molecule has 0 atom stereocenters. The van der Waals surface area contributed by atoms with Crippen LogP contribution in [0.2, 0.25) is 5.02 Å². The van der Waals surface area contributed by atoms with Gasteiger partial charge >= 0.3 is 5.97 Å². The molecular weight excluding hydrogens is 536 g/mol. The monoisotopic (exact) mass is 576 g/mol. The third-order valence-electron chi connectivity index (χ3n) is 7.06. The molecule has 1 aromatic heterocycles. The highest BCUT2D eigenvalue weighted by molar-refractivity contribution is 6.32. The Morgan fingerprint density at radius 3 is 2.37 bits per heavy atom. The van der Waals surface area contributed by atoms with Crippen LogP contribution in [0.25, 0.3) is 10.9 Å². The second kappa shape index (κ2) is 13.7. The fraction of sp³-hybridized carbons (Fsp3) is 0.353. The summed E-state index contributed by atoms with van der Waals surface area (Å²) in [5.41, 5.74) is 7.22. The number of amides is 1. The summed E-state index contributed by atoms with van der Waals surface area (Å²) < 4.78 is 12.4. The fourth-order valence-corrected chi connectivity index (χ4v) is 4.73. The molecule has 0 bridgehead atoms. The standard InChI is InChI=1S/C32H35ClN2O4.C2H6/c1-20-21(2)35(18-23-10-12-27(33)29(15-23)39-19-30(36)38-6)28-13-11-24(16-26(20)28)31(37)34-17-22-8-7-9-25(14-22)32(3,4)5;1-2/h7-16H,17-19H2,1-6H3,(H,34,37);1-2H3. The van der Waals surface area contributed by atoms with Crippen molar-refractivity contribution < 1.29 is 19.1 Å². The van der Waals surface area contributed by atoms with E-state index in [1.54, 1.807) is 6.07 Å². The normalized spacial score (nSPS) is 11.0. The van der Waals surface area contributed by atoms with Gasteiger partial charge in [-0.2, -0.15) is 0 Å². The molecule has 1 N–H and O–H groups in total. The Labute approximate surface area is 248 Å². The van der Waals surface area contributed by atoms with E-state index in [1.807, 2.05) is 56.3 Å². The SMILES string of the molecule is CC.COC(=O)COc1cc(Cn2c(C)c(C)c3cc(C(=O)NCc4cccc(C(C)(C)C)c4)ccc32)ccc1Cl. The lowest BCUT2D eigenvalue weighted by Crippen LogP contribution is -2.23. The minimum atomic E-state index is -0.474. The number of nitrogens with one attached hydrogen (secondary N) is 1. The molecular formula is C34H41ClN2O4. The number of methoxy groups -OCH3 is 1. The second-order valence-corrected chi connectivity index (χ2v) is 11.2. The largest absolute Gasteiger partial charge is 0.480 e. The van der Waals surface area contributed by atoms with Gasteiger partial charge in [0, 0.05) is 35.2 Å². The molecule has 4 aromatic rings. The van der Waals surface area contributed by atoms with Crippen LogP contribution < -0.4 is 10.1 Å². The number of aromatic nitrogens is 1. The summed E-state index contributed by atoms with van der Waals surface area (Å²) in [4.78, 5) is 24.5. The summed E-state index contributed by atoms with van der Waals surface area (Å²) in [7, 11) is 1.31. The summed E-state index contributed by atoms with van der Waals surface area (Å²) >= 11 is 6.27. The van der Waals surface area contributed by atoms with Gasteiger partial charge in [0.15, 0.2) is 6.61 Å². The summed E-state index contributed by atoms with van der Waals surface area (Å²) in [6, 6.07) is 19.7. The average Bonchev–Trinajstić information content (AvgIpc) is 3.20. The van der Waals surface area contributed by atoms with Crippen LogP contribution in [0.15, 0.2) is 60.7 Å². The molecule has 0 radical (unpaired) electrons. The Bertz CT molecular complexity index is 1530. The minimum absolute atomic E-state index is 0.0528. The third-order valence-corrected chi connectivity index (χ3v) is 7.37. The number of nitrogens with zero attached hydrogens (tertiary/aromatic N) is 1. The molecule has 0 aliphatic rings. The highest BCUT2D eigenvalue weighted by Crippen LogP contribution is 2.30. The number of esters is 1. The maximum atomic E-state index is 13.1. The van der Waals surface area contributed by atoms with E-state index in [-0.39, 0.29) is 17.9 Å². The number of carbonyl (C=O) groups is 2. The van der Waals surface area contributed by atoms with E-state index in [1.165, 1.54) is 12.7 Å². The van der Waals surface area contributed by atoms with Crippen molar-refractivity contribution in [2.24, 2.45) is 0 Å². The predicted molar refractivity (Wildman–Crippen MR) is 167 cm³/mol. The minimum Gasteiger partial charge on any atom is -0.480 e. The highest BCUT2D eigenvalue weighted by atomic mass is 35.5. The molecule has 7 heteroatoms. The fourth-order valence-electron chi connectivity index (χ4n) is 4.56. The number of fused-ring (bicyclic) bond motifs is 1. The smallest absolute Gasteiger partial charge is 0.343 e. The molecule has 41 heavy (non-hydrogen) atoms. The van der Waals surface area contributed by atoms with Crippen LogP contribution >= 0.6 is 11.6 Å². The summed E-state index contributed by atoms with van der Waals surface area (Å²) in [6.45, 7) is 15.5. The Kier molecular flexibility index (Phi) is 10.6. The lowest BCUT2D eigenvalue weighted by atomic mass is 9.86. The first-order chi connectivity index (χ1) is 19.5. The number of aryl methyl sites for hydroxylation is 1. The van der Waals surface area contributed by atoms with E-state index >= 15 is 0 Å². The molecule has 0 saturated carbocycles. The van der Waals surface area contributed by atoms with Crippen LogP contribution in [0.5, 0.6) is 5.75 Å². The Morgan fingerprint density at radius 2 is 1.68 bits per heavy atom. The predicted octanol–water partition coefficient (Wildman–Crippen LogP) is 7.77. The number of carbonyl (C=O) groups excluding carboxylic acids is 2. The maximum Gasteiger partial charge on any atom is 0.343 e. The molecule has 4 rings (SSSR count). The molecule has 0 aliphatic heterocycles. The van der Waals surface area contributed by atoms with Crippen LogP contribution in [-0.4, -0.2) is 30.2 Å². The first kappa shape index (κ1) is 31.8. The van der Waals surface area contributed by atoms with Crippen LogP contribution in [-0.2, 0) is 28.0 Å². The zero-order valence-corrected chi connectivity index (χ0v) is 26.1. The van der Waals surface area contributed by atoms with E-state index in [4.69, 9.17) is 16.3 Å². The molecule has 0 unspecified atom stereocenters. The topological polar surface area (TPSA) is 69.6 Å². The Balaban J connectivity index is 0.00000226. The van der Waals surface area contributed by atoms with Crippen molar-refractivity contribution in [3.05, 3.63) is 99.2 Å². The van der Waals surface area contributed by atoms with E-state index in [0.29, 0.717) is 29.4 Å². The molecule has 1 heterocycles. The maximum absolute atomic E-state index is 13.1. The van der Waals surface area contributed by atoms with Gasteiger partial charge in [-0.25, -0.2) is 4.79 Å². The van der Waals surface area contributed by atoms with Gasteiger partial charge < -0.3 is 19.4 Å². The quantitative estimate of drug-likeness (QED) is 0.218. The number of benzene rings is 3. The first-order valence-corrected chi connectivity index (χ1v) is 14.3. The lowest BCUT2D eigenvalue weighted by Gasteiger charge is -2.19. The van der Waals surface area contributed by atoms with Crippen molar-refractivity contribution in [1.82, 2.24) is 9.88 Å². The molecule has 6 nitrogen and oxygen atoms in total. The zero-order valence-electron chi connectivity index (χ0n) is 25.4. The van der Waals surface area contributed by atoms with Gasteiger partial charge in [0.2, 0.25) is 0 Å². The number of ether oxygens (including phenoxy) is 2. The van der Waals surface area contributed by atoms with Crippen LogP contribution in [0.4, 0.5) is 0 Å². The van der Waals surface area contributed by atoms with Gasteiger partial charge in [-0.15, -0.1) is 0 Å². The second-order valence-electron chi connectivity index (χ2n) is 10.8. The van der Waals surface area contributed by atoms with Crippen LogP contribution in [0.3, 0.4) is 0 Å². The van der Waals surface area contributed by atoms with Gasteiger partial charge in [-0.05, 0) is 71.8 Å². The average molecular weight is 577 g/mol. The Morgan fingerprint density at radius 1 is 0.951 bits per heavy atom. The van der Waals surface area contributed by atoms with Crippen molar-refractivity contribution in [2.45, 2.75) is 67.0 Å². The number of rotatable bonds is 8. The van der Waals surface area contributed by atoms with E-state index in [2.05, 4.69) is 61.4 Å². The van der Waals surface area contributed by atoms with Gasteiger partial charge in [0.25, 0.3) is 5.91 Å². The molecule has 0 fully saturated rings. The zero-order chi connectivity index (χ0) is 30.3. The van der Waals surface area contributed by atoms with Crippen molar-refractivity contribution in [1.29, 1.82) is 0 Å². The highest BCUT2D eigenvalue weighted by Gasteiger charge is 2.17. The van der Waals surface area contributed by atoms with Crippen molar-refractivity contribution in [2.75, 3.05) is 13.7 Å².